The van der Waals surface area contributed by atoms with E-state index in [0.717, 1.165) is 24.2 Å². The van der Waals surface area contributed by atoms with Crippen molar-refractivity contribution in [2.75, 3.05) is 59.7 Å². The largest absolute Gasteiger partial charge is 0.456 e. The van der Waals surface area contributed by atoms with Crippen LogP contribution in [0.25, 0.3) is 0 Å². The number of carbonyl (C=O) groups excluding carboxylic acids is 6. The van der Waals surface area contributed by atoms with E-state index in [1.165, 1.54) is 12.0 Å². The Morgan fingerprint density at radius 2 is 1.58 bits per heavy atom. The number of fused-ring (bicyclic) bond motifs is 1. The number of hydrogen-bond donors (Lipinski definition) is 3. The summed E-state index contributed by atoms with van der Waals surface area (Å²) in [6.07, 6.45) is 0.291. The molecule has 0 saturated heterocycles. The molecule has 0 fully saturated rings. The molecule has 1 aromatic heterocycles. The van der Waals surface area contributed by atoms with Crippen LogP contribution in [-0.2, 0) is 63.0 Å². The van der Waals surface area contributed by atoms with Gasteiger partial charge in [0.2, 0.25) is 5.91 Å². The van der Waals surface area contributed by atoms with Crippen LogP contribution in [0.2, 0.25) is 0 Å². The van der Waals surface area contributed by atoms with Gasteiger partial charge in [-0.1, -0.05) is 0 Å². The zero-order chi connectivity index (χ0) is 33.9. The van der Waals surface area contributed by atoms with Crippen molar-refractivity contribution in [3.63, 3.8) is 0 Å². The minimum Gasteiger partial charge on any atom is -0.456 e. The summed E-state index contributed by atoms with van der Waals surface area (Å²) in [5.74, 6) is -4.83. The van der Waals surface area contributed by atoms with Crippen molar-refractivity contribution in [1.29, 1.82) is 0 Å². The van der Waals surface area contributed by atoms with Crippen LogP contribution >= 0.6 is 11.3 Å². The topological polar surface area (TPSA) is 241 Å². The van der Waals surface area contributed by atoms with Crippen molar-refractivity contribution in [2.45, 2.75) is 41.7 Å². The van der Waals surface area contributed by atoms with Crippen LogP contribution in [0.15, 0.2) is 14.5 Å². The Labute approximate surface area is 263 Å². The number of likely N-dealkylation sites (N-methyl/N-ethyl adjacent to an activating group) is 1. The number of nitrogens with one attached hydrogen (secondary N) is 3. The number of methoxy groups -OCH3 is 1. The highest BCUT2D eigenvalue weighted by Crippen LogP contribution is 2.42. The molecule has 1 aromatic rings. The van der Waals surface area contributed by atoms with E-state index >= 15 is 0 Å². The first-order chi connectivity index (χ1) is 21.0. The van der Waals surface area contributed by atoms with Crippen molar-refractivity contribution >= 4 is 67.0 Å². The molecule has 4 amide bonds. The minimum absolute atomic E-state index is 0.00746. The number of hydrogen-bond acceptors (Lipinski definition) is 14. The Morgan fingerprint density at radius 1 is 1.00 bits per heavy atom. The average Bonchev–Trinajstić information content (AvgIpc) is 3.43. The lowest BCUT2D eigenvalue weighted by Crippen LogP contribution is -2.49. The molecule has 0 bridgehead atoms. The van der Waals surface area contributed by atoms with E-state index in [1.807, 2.05) is 0 Å². The maximum Gasteiger partial charge on any atom is 0.303 e. The second-order valence-electron chi connectivity index (χ2n) is 9.36. The lowest BCUT2D eigenvalue weighted by atomic mass is 10.1. The molecule has 0 radical (unpaired) electrons. The van der Waals surface area contributed by atoms with E-state index in [4.69, 9.17) is 4.74 Å². The number of rotatable bonds is 16. The summed E-state index contributed by atoms with van der Waals surface area (Å²) >= 11 is 0.376. The number of thiophene rings is 1. The lowest BCUT2D eigenvalue weighted by Gasteiger charge is -2.38. The number of sulfonamides is 2. The summed E-state index contributed by atoms with van der Waals surface area (Å²) < 4.78 is 69.3. The minimum atomic E-state index is -4.65. The number of esters is 2. The summed E-state index contributed by atoms with van der Waals surface area (Å²) in [4.78, 5) is 72.2. The molecule has 45 heavy (non-hydrogen) atoms. The molecule has 0 aromatic carbocycles. The third kappa shape index (κ3) is 10.7. The molecule has 1 atom stereocenters. The van der Waals surface area contributed by atoms with Gasteiger partial charge in [-0.2, -0.15) is 4.31 Å². The van der Waals surface area contributed by atoms with Crippen LogP contribution in [0.1, 0.15) is 38.8 Å². The zero-order valence-electron chi connectivity index (χ0n) is 24.9. The van der Waals surface area contributed by atoms with E-state index in [-0.39, 0.29) is 36.0 Å². The van der Waals surface area contributed by atoms with Gasteiger partial charge in [-0.15, -0.1) is 11.3 Å². The number of amides is 4. The van der Waals surface area contributed by atoms with Gasteiger partial charge in [-0.3, -0.25) is 28.8 Å². The lowest BCUT2D eigenvalue weighted by molar-refractivity contribution is -0.146. The first-order valence-electron chi connectivity index (χ1n) is 13.3. The molecule has 0 unspecified atom stereocenters. The van der Waals surface area contributed by atoms with Crippen molar-refractivity contribution in [3.8, 4) is 0 Å². The molecule has 21 heteroatoms. The van der Waals surface area contributed by atoms with Crippen LogP contribution in [0.3, 0.4) is 0 Å². The predicted octanol–water partition coefficient (Wildman–Crippen LogP) is -2.16. The fourth-order valence-corrected chi connectivity index (χ4v) is 8.85. The van der Waals surface area contributed by atoms with Crippen LogP contribution in [0.5, 0.6) is 0 Å². The third-order valence-electron chi connectivity index (χ3n) is 6.01. The Kier molecular flexibility index (Phi) is 13.8. The highest BCUT2D eigenvalue weighted by molar-refractivity contribution is 7.94. The van der Waals surface area contributed by atoms with E-state index in [2.05, 4.69) is 20.1 Å². The molecule has 18 nitrogen and oxygen atoms in total. The summed E-state index contributed by atoms with van der Waals surface area (Å²) in [6.45, 7) is 1.18. The van der Waals surface area contributed by atoms with Gasteiger partial charge < -0.3 is 29.7 Å². The summed E-state index contributed by atoms with van der Waals surface area (Å²) in [5, 5.41) is 4.40. The quantitative estimate of drug-likeness (QED) is 0.123. The average molecular weight is 698 g/mol. The molecular weight excluding hydrogens is 662 g/mol. The normalized spacial score (nSPS) is 15.7. The second-order valence-corrected chi connectivity index (χ2v) is 14.5. The Morgan fingerprint density at radius 3 is 2.11 bits per heavy atom. The SMILES string of the molecule is CCN(C(=O)CNC(=O)COC(C)=O)[C@H]1CN(CCCOC)S(=O)(=O)c2sc(S(=O)(=O)NC(=O)CNC(=O)COC(C)=O)cc21. The summed E-state index contributed by atoms with van der Waals surface area (Å²) in [7, 11) is -7.45. The predicted molar refractivity (Wildman–Crippen MR) is 154 cm³/mol. The molecular formula is C24H35N5O13S3. The van der Waals surface area contributed by atoms with E-state index in [0.29, 0.717) is 17.8 Å². The van der Waals surface area contributed by atoms with Crippen LogP contribution in [0, 0.1) is 0 Å². The van der Waals surface area contributed by atoms with Gasteiger partial charge in [0.05, 0.1) is 19.1 Å². The molecule has 3 N–H and O–H groups in total. The Hall–Kier alpha value is -3.66. The van der Waals surface area contributed by atoms with Crippen molar-refractivity contribution in [1.82, 2.24) is 24.6 Å². The van der Waals surface area contributed by atoms with Gasteiger partial charge in [0.15, 0.2) is 13.2 Å². The Balaban J connectivity index is 2.36. The maximum absolute atomic E-state index is 13.5. The van der Waals surface area contributed by atoms with Crippen molar-refractivity contribution < 1.29 is 59.8 Å². The first-order valence-corrected chi connectivity index (χ1v) is 17.1. The highest BCUT2D eigenvalue weighted by Gasteiger charge is 2.43. The molecule has 2 rings (SSSR count). The van der Waals surface area contributed by atoms with E-state index in [1.54, 1.807) is 11.6 Å². The Bertz CT molecular complexity index is 1510. The number of ether oxygens (including phenoxy) is 3. The monoisotopic (exact) mass is 697 g/mol. The molecule has 1 aliphatic rings. The zero-order valence-corrected chi connectivity index (χ0v) is 27.4. The summed E-state index contributed by atoms with van der Waals surface area (Å²) in [6, 6.07) is 0.0733. The van der Waals surface area contributed by atoms with Crippen LogP contribution in [0.4, 0.5) is 0 Å². The first kappa shape index (κ1) is 37.5. The molecule has 0 spiro atoms. The van der Waals surface area contributed by atoms with Crippen molar-refractivity contribution in [2.24, 2.45) is 0 Å². The molecule has 0 aliphatic carbocycles. The fraction of sp³-hybridized carbons (Fsp3) is 0.583. The molecule has 252 valence electrons. The number of carbonyl (C=O) groups is 6. The number of nitrogens with zero attached hydrogens (tertiary/aromatic N) is 2. The molecule has 2 heterocycles. The molecule has 0 saturated carbocycles. The molecule has 1 aliphatic heterocycles. The van der Waals surface area contributed by atoms with Gasteiger partial charge in [0.1, 0.15) is 8.42 Å². The second kappa shape index (κ2) is 16.6. The van der Waals surface area contributed by atoms with Crippen molar-refractivity contribution in [3.05, 3.63) is 11.6 Å². The maximum atomic E-state index is 13.5. The fourth-order valence-electron chi connectivity index (χ4n) is 4.00. The van der Waals surface area contributed by atoms with E-state index < -0.39 is 92.2 Å². The van der Waals surface area contributed by atoms with Crippen LogP contribution in [-0.4, -0.2) is 121 Å². The standard InChI is InChI=1S/C24H35N5O13S3/c1-5-29(22(35)11-26-21(34)14-42-16(3)31)18-12-28(7-6-8-40-4)45(38,39)24-17(18)9-23(43-24)44(36,37)27-19(32)10-25-20(33)13-41-15(2)30/h9,18H,5-8,10-14H2,1-4H3,(H,25,33)(H,26,34)(H,27,32)/t18-/m0/s1. The van der Waals surface area contributed by atoms with E-state index in [9.17, 15) is 45.6 Å². The van der Waals surface area contributed by atoms with Gasteiger partial charge >= 0.3 is 11.9 Å². The van der Waals surface area contributed by atoms with Gasteiger partial charge in [0.25, 0.3) is 37.8 Å². The highest BCUT2D eigenvalue weighted by atomic mass is 32.3. The summed E-state index contributed by atoms with van der Waals surface area (Å²) in [5.41, 5.74) is -0.00746. The van der Waals surface area contributed by atoms with Gasteiger partial charge in [0, 0.05) is 52.8 Å². The smallest absolute Gasteiger partial charge is 0.303 e. The van der Waals surface area contributed by atoms with Gasteiger partial charge in [-0.25, -0.2) is 21.6 Å². The van der Waals surface area contributed by atoms with Gasteiger partial charge in [-0.05, 0) is 19.4 Å². The third-order valence-corrected chi connectivity index (χ3v) is 11.4. The van der Waals surface area contributed by atoms with Crippen LogP contribution < -0.4 is 15.4 Å².